The molecule has 0 spiro atoms. The van der Waals surface area contributed by atoms with Crippen molar-refractivity contribution in [2.45, 2.75) is 45.2 Å². The Balaban J connectivity index is 1.92. The van der Waals surface area contributed by atoms with Crippen LogP contribution in [0.2, 0.25) is 0 Å². The van der Waals surface area contributed by atoms with Crippen LogP contribution in [-0.2, 0) is 9.59 Å². The third-order valence-corrected chi connectivity index (χ3v) is 4.10. The molecule has 18 heavy (non-hydrogen) atoms. The third-order valence-electron chi connectivity index (χ3n) is 4.10. The quantitative estimate of drug-likeness (QED) is 0.765. The van der Waals surface area contributed by atoms with E-state index in [1.807, 2.05) is 4.90 Å². The molecule has 0 bridgehead atoms. The molecule has 2 fully saturated rings. The lowest BCUT2D eigenvalue weighted by atomic mass is 10.1. The summed E-state index contributed by atoms with van der Waals surface area (Å²) in [7, 11) is 0. The van der Waals surface area contributed by atoms with Crippen LogP contribution in [-0.4, -0.2) is 59.9 Å². The third kappa shape index (κ3) is 2.83. The van der Waals surface area contributed by atoms with Gasteiger partial charge in [-0.15, -0.1) is 0 Å². The van der Waals surface area contributed by atoms with Crippen LogP contribution >= 0.6 is 0 Å². The molecular weight excluding hydrogens is 230 g/mol. The Hall–Kier alpha value is -1.10. The van der Waals surface area contributed by atoms with Gasteiger partial charge in [-0.3, -0.25) is 9.59 Å². The van der Waals surface area contributed by atoms with Gasteiger partial charge in [0.2, 0.25) is 11.8 Å². The second-order valence-corrected chi connectivity index (χ2v) is 5.34. The molecule has 2 amide bonds. The summed E-state index contributed by atoms with van der Waals surface area (Å²) in [6.45, 7) is 6.73. The predicted molar refractivity (Wildman–Crippen MR) is 69.1 cm³/mol. The monoisotopic (exact) mass is 253 g/mol. The van der Waals surface area contributed by atoms with Gasteiger partial charge in [-0.25, -0.2) is 0 Å². The number of carbonyl (C=O) groups excluding carboxylic acids is 2. The van der Waals surface area contributed by atoms with Gasteiger partial charge in [-0.05, 0) is 26.7 Å². The fraction of sp³-hybridized carbons (Fsp3) is 0.846. The number of likely N-dealkylation sites (tertiary alicyclic amines) is 1. The van der Waals surface area contributed by atoms with Gasteiger partial charge in [0.25, 0.3) is 0 Å². The molecule has 0 aliphatic carbocycles. The van der Waals surface area contributed by atoms with E-state index in [1.54, 1.807) is 4.90 Å². The molecule has 0 aromatic carbocycles. The standard InChI is InChI=1S/C13H23N3O2/c1-10-11(2)16(8-6-14-10)13(18)9-15-7-4-3-5-12(15)17/h10-11,14H,3-9H2,1-2H3. The maximum Gasteiger partial charge on any atom is 0.242 e. The minimum Gasteiger partial charge on any atom is -0.336 e. The van der Waals surface area contributed by atoms with E-state index in [1.165, 1.54) is 0 Å². The summed E-state index contributed by atoms with van der Waals surface area (Å²) in [5.41, 5.74) is 0. The number of nitrogens with one attached hydrogen (secondary N) is 1. The van der Waals surface area contributed by atoms with Crippen LogP contribution in [0.1, 0.15) is 33.1 Å². The summed E-state index contributed by atoms with van der Waals surface area (Å²) in [4.78, 5) is 27.6. The van der Waals surface area contributed by atoms with Crippen molar-refractivity contribution in [3.05, 3.63) is 0 Å². The lowest BCUT2D eigenvalue weighted by Gasteiger charge is -2.40. The van der Waals surface area contributed by atoms with E-state index >= 15 is 0 Å². The number of amides is 2. The first kappa shape index (κ1) is 13.3. The Morgan fingerprint density at radius 1 is 1.33 bits per heavy atom. The molecule has 5 nitrogen and oxygen atoms in total. The Morgan fingerprint density at radius 3 is 2.83 bits per heavy atom. The van der Waals surface area contributed by atoms with Crippen molar-refractivity contribution in [2.24, 2.45) is 0 Å². The molecule has 0 saturated carbocycles. The average molecular weight is 253 g/mol. The van der Waals surface area contributed by atoms with E-state index in [4.69, 9.17) is 0 Å². The summed E-state index contributed by atoms with van der Waals surface area (Å²) in [6.07, 6.45) is 2.58. The number of piperidine rings is 1. The van der Waals surface area contributed by atoms with E-state index in [9.17, 15) is 9.59 Å². The second kappa shape index (κ2) is 5.69. The molecule has 0 aromatic heterocycles. The predicted octanol–water partition coefficient (Wildman–Crippen LogP) is 0.208. The van der Waals surface area contributed by atoms with E-state index in [0.29, 0.717) is 12.5 Å². The first-order chi connectivity index (χ1) is 8.59. The van der Waals surface area contributed by atoms with Crippen LogP contribution < -0.4 is 5.32 Å². The second-order valence-electron chi connectivity index (χ2n) is 5.34. The Labute approximate surface area is 108 Å². The number of carbonyl (C=O) groups is 2. The minimum atomic E-state index is 0.0890. The van der Waals surface area contributed by atoms with E-state index in [0.717, 1.165) is 32.5 Å². The molecule has 2 atom stereocenters. The van der Waals surface area contributed by atoms with Crippen LogP contribution in [0.5, 0.6) is 0 Å². The van der Waals surface area contributed by atoms with Gasteiger partial charge in [0.15, 0.2) is 0 Å². The van der Waals surface area contributed by atoms with E-state index in [-0.39, 0.29) is 24.4 Å². The molecule has 2 rings (SSSR count). The smallest absolute Gasteiger partial charge is 0.242 e. The van der Waals surface area contributed by atoms with E-state index < -0.39 is 0 Å². The highest BCUT2D eigenvalue weighted by atomic mass is 16.2. The van der Waals surface area contributed by atoms with Gasteiger partial charge in [-0.2, -0.15) is 0 Å². The topological polar surface area (TPSA) is 52.7 Å². The van der Waals surface area contributed by atoms with Crippen molar-refractivity contribution >= 4 is 11.8 Å². The van der Waals surface area contributed by atoms with Crippen LogP contribution in [0.3, 0.4) is 0 Å². The maximum atomic E-state index is 12.3. The molecular formula is C13H23N3O2. The number of rotatable bonds is 2. The zero-order valence-electron chi connectivity index (χ0n) is 11.3. The molecule has 2 heterocycles. The SMILES string of the molecule is CC1NCCN(C(=O)CN2CCCCC2=O)C1C. The Bertz CT molecular complexity index is 332. The van der Waals surface area contributed by atoms with Crippen LogP contribution in [0.15, 0.2) is 0 Å². The molecule has 2 saturated heterocycles. The van der Waals surface area contributed by atoms with Crippen molar-refractivity contribution in [1.82, 2.24) is 15.1 Å². The molecule has 2 unspecified atom stereocenters. The summed E-state index contributed by atoms with van der Waals surface area (Å²) >= 11 is 0. The maximum absolute atomic E-state index is 12.3. The van der Waals surface area contributed by atoms with Gasteiger partial charge in [0.1, 0.15) is 0 Å². The van der Waals surface area contributed by atoms with Gasteiger partial charge >= 0.3 is 0 Å². The summed E-state index contributed by atoms with van der Waals surface area (Å²) in [5.74, 6) is 0.219. The molecule has 0 aromatic rings. The molecule has 1 N–H and O–H groups in total. The summed E-state index contributed by atoms with van der Waals surface area (Å²) in [6, 6.07) is 0.519. The molecule has 2 aliphatic rings. The van der Waals surface area contributed by atoms with Crippen LogP contribution in [0.25, 0.3) is 0 Å². The number of hydrogen-bond acceptors (Lipinski definition) is 3. The Morgan fingerprint density at radius 2 is 2.11 bits per heavy atom. The van der Waals surface area contributed by atoms with Crippen molar-refractivity contribution < 1.29 is 9.59 Å². The highest BCUT2D eigenvalue weighted by Gasteiger charge is 2.30. The highest BCUT2D eigenvalue weighted by molar-refractivity contribution is 5.85. The van der Waals surface area contributed by atoms with Crippen molar-refractivity contribution in [3.8, 4) is 0 Å². The first-order valence-corrected chi connectivity index (χ1v) is 6.90. The van der Waals surface area contributed by atoms with Gasteiger partial charge < -0.3 is 15.1 Å². The minimum absolute atomic E-state index is 0.0890. The van der Waals surface area contributed by atoms with Gasteiger partial charge in [0, 0.05) is 38.1 Å². The van der Waals surface area contributed by atoms with E-state index in [2.05, 4.69) is 19.2 Å². The summed E-state index contributed by atoms with van der Waals surface area (Å²) in [5, 5.41) is 3.35. The van der Waals surface area contributed by atoms with Crippen LogP contribution in [0, 0.1) is 0 Å². The van der Waals surface area contributed by atoms with Gasteiger partial charge in [0.05, 0.1) is 6.54 Å². The fourth-order valence-corrected chi connectivity index (χ4v) is 2.69. The van der Waals surface area contributed by atoms with Crippen molar-refractivity contribution in [2.75, 3.05) is 26.2 Å². The summed E-state index contributed by atoms with van der Waals surface area (Å²) < 4.78 is 0. The zero-order valence-corrected chi connectivity index (χ0v) is 11.3. The number of hydrogen-bond donors (Lipinski definition) is 1. The largest absolute Gasteiger partial charge is 0.336 e. The highest BCUT2D eigenvalue weighted by Crippen LogP contribution is 2.13. The normalized spacial score (nSPS) is 29.6. The van der Waals surface area contributed by atoms with Crippen molar-refractivity contribution in [1.29, 1.82) is 0 Å². The van der Waals surface area contributed by atoms with Crippen molar-refractivity contribution in [3.63, 3.8) is 0 Å². The lowest BCUT2D eigenvalue weighted by molar-refractivity contribution is -0.144. The Kier molecular flexibility index (Phi) is 4.22. The van der Waals surface area contributed by atoms with Gasteiger partial charge in [-0.1, -0.05) is 0 Å². The number of piperazine rings is 1. The molecule has 5 heteroatoms. The molecule has 102 valence electrons. The first-order valence-electron chi connectivity index (χ1n) is 6.90. The molecule has 2 aliphatic heterocycles. The lowest BCUT2D eigenvalue weighted by Crippen LogP contribution is -2.59. The molecule has 0 radical (unpaired) electrons. The average Bonchev–Trinajstić information content (AvgIpc) is 2.35. The van der Waals surface area contributed by atoms with Crippen LogP contribution in [0.4, 0.5) is 0 Å². The fourth-order valence-electron chi connectivity index (χ4n) is 2.69. The zero-order chi connectivity index (χ0) is 13.1. The number of nitrogens with zero attached hydrogens (tertiary/aromatic N) is 2.